The molecule has 7 nitrogen and oxygen atoms in total. The molecule has 2 aromatic carbocycles. The van der Waals surface area contributed by atoms with Crippen molar-refractivity contribution in [3.63, 3.8) is 0 Å². The van der Waals surface area contributed by atoms with Crippen molar-refractivity contribution in [2.24, 2.45) is 0 Å². The van der Waals surface area contributed by atoms with Crippen molar-refractivity contribution in [1.29, 1.82) is 0 Å². The number of rotatable bonds is 5. The lowest BCUT2D eigenvalue weighted by Gasteiger charge is -2.06. The molecule has 0 heterocycles. The van der Waals surface area contributed by atoms with Gasteiger partial charge in [0.05, 0.1) is 21.1 Å². The molecule has 0 spiro atoms. The summed E-state index contributed by atoms with van der Waals surface area (Å²) in [7, 11) is -3.56. The van der Waals surface area contributed by atoms with E-state index in [1.165, 1.54) is 24.3 Å². The summed E-state index contributed by atoms with van der Waals surface area (Å²) in [4.78, 5) is 22.1. The van der Waals surface area contributed by atoms with Gasteiger partial charge in [-0.3, -0.25) is 14.9 Å². The van der Waals surface area contributed by atoms with E-state index in [-0.39, 0.29) is 21.8 Å². The number of nitro benzene ring substituents is 1. The Hall–Kier alpha value is -3.07. The summed E-state index contributed by atoms with van der Waals surface area (Å²) in [6.07, 6.45) is 3.17. The van der Waals surface area contributed by atoms with E-state index in [0.717, 1.165) is 30.5 Å². The highest BCUT2D eigenvalue weighted by Gasteiger charge is 2.13. The lowest BCUT2D eigenvalue weighted by atomic mass is 10.1. The Morgan fingerprint density at radius 1 is 1.24 bits per heavy atom. The maximum atomic E-state index is 13.7. The molecule has 0 atom stereocenters. The number of benzene rings is 2. The number of halogens is 1. The highest BCUT2D eigenvalue weighted by atomic mass is 32.2. The van der Waals surface area contributed by atoms with E-state index in [1.807, 2.05) is 0 Å². The van der Waals surface area contributed by atoms with Crippen LogP contribution in [-0.4, -0.2) is 25.5 Å². The zero-order valence-corrected chi connectivity index (χ0v) is 13.8. The summed E-state index contributed by atoms with van der Waals surface area (Å²) in [5.74, 6) is -1.57. The lowest BCUT2D eigenvalue weighted by molar-refractivity contribution is -0.385. The van der Waals surface area contributed by atoms with Crippen molar-refractivity contribution in [3.8, 4) is 0 Å². The van der Waals surface area contributed by atoms with Crippen LogP contribution in [0.2, 0.25) is 0 Å². The summed E-state index contributed by atoms with van der Waals surface area (Å²) >= 11 is 0. The molecular formula is C16H13FN2O5S. The molecular weight excluding hydrogens is 351 g/mol. The number of nitrogens with one attached hydrogen (secondary N) is 1. The fourth-order valence-electron chi connectivity index (χ4n) is 1.97. The molecule has 0 saturated carbocycles. The predicted octanol–water partition coefficient (Wildman–Crippen LogP) is 2.79. The number of amides is 1. The van der Waals surface area contributed by atoms with Crippen molar-refractivity contribution < 1.29 is 22.5 Å². The molecule has 2 aromatic rings. The number of carbonyl (C=O) groups excluding carboxylic acids is 1. The molecule has 0 bridgehead atoms. The monoisotopic (exact) mass is 364 g/mol. The number of nitro groups is 1. The average Bonchev–Trinajstić information content (AvgIpc) is 2.54. The van der Waals surface area contributed by atoms with Crippen molar-refractivity contribution in [3.05, 3.63) is 70.0 Å². The van der Waals surface area contributed by atoms with Crippen LogP contribution in [0.1, 0.15) is 5.56 Å². The second-order valence-corrected chi connectivity index (χ2v) is 7.07. The van der Waals surface area contributed by atoms with Crippen molar-refractivity contribution in [2.75, 3.05) is 11.6 Å². The van der Waals surface area contributed by atoms with Gasteiger partial charge in [-0.15, -0.1) is 0 Å². The van der Waals surface area contributed by atoms with Crippen molar-refractivity contribution >= 4 is 33.2 Å². The number of hydrogen-bond donors (Lipinski definition) is 1. The van der Waals surface area contributed by atoms with E-state index in [2.05, 4.69) is 5.32 Å². The van der Waals surface area contributed by atoms with Gasteiger partial charge in [0.15, 0.2) is 9.84 Å². The fourth-order valence-corrected chi connectivity index (χ4v) is 2.61. The summed E-state index contributed by atoms with van der Waals surface area (Å²) in [6.45, 7) is 0. The molecule has 0 aliphatic heterocycles. The lowest BCUT2D eigenvalue weighted by Crippen LogP contribution is -2.10. The van der Waals surface area contributed by atoms with Gasteiger partial charge in [0, 0.05) is 18.4 Å². The van der Waals surface area contributed by atoms with Crippen LogP contribution >= 0.6 is 0 Å². The fraction of sp³-hybridized carbons (Fsp3) is 0.0625. The minimum atomic E-state index is -3.56. The molecule has 1 N–H and O–H groups in total. The quantitative estimate of drug-likeness (QED) is 0.380. The molecule has 2 rings (SSSR count). The van der Waals surface area contributed by atoms with Crippen LogP contribution in [0.25, 0.3) is 6.08 Å². The van der Waals surface area contributed by atoms with Gasteiger partial charge in [0.1, 0.15) is 5.82 Å². The molecule has 0 aromatic heterocycles. The molecule has 25 heavy (non-hydrogen) atoms. The third kappa shape index (κ3) is 4.70. The third-order valence-electron chi connectivity index (χ3n) is 3.17. The van der Waals surface area contributed by atoms with Gasteiger partial charge in [0.25, 0.3) is 5.69 Å². The Kier molecular flexibility index (Phi) is 5.28. The first-order chi connectivity index (χ1) is 11.7. The van der Waals surface area contributed by atoms with Crippen LogP contribution in [0.3, 0.4) is 0 Å². The standard InChI is InChI=1S/C16H13FN2O5S/c1-25(23,24)12-7-8-13(17)14(10-12)18-16(20)9-6-11-4-2-3-5-15(11)19(21)22/h2-10H,1H3,(H,18,20)/b9-6+. The number of para-hydroxylation sites is 1. The van der Waals surface area contributed by atoms with Crippen molar-refractivity contribution in [2.45, 2.75) is 4.90 Å². The largest absolute Gasteiger partial charge is 0.320 e. The maximum absolute atomic E-state index is 13.7. The first kappa shape index (κ1) is 18.3. The number of nitrogens with zero attached hydrogens (tertiary/aromatic N) is 1. The first-order valence-electron chi connectivity index (χ1n) is 6.90. The topological polar surface area (TPSA) is 106 Å². The number of hydrogen-bond acceptors (Lipinski definition) is 5. The molecule has 9 heteroatoms. The van der Waals surface area contributed by atoms with Gasteiger partial charge >= 0.3 is 0 Å². The molecule has 0 aliphatic rings. The van der Waals surface area contributed by atoms with E-state index >= 15 is 0 Å². The number of carbonyl (C=O) groups is 1. The normalized spacial score (nSPS) is 11.4. The van der Waals surface area contributed by atoms with Crippen LogP contribution < -0.4 is 5.32 Å². The van der Waals surface area contributed by atoms with Crippen LogP contribution in [0.4, 0.5) is 15.8 Å². The third-order valence-corrected chi connectivity index (χ3v) is 4.28. The SMILES string of the molecule is CS(=O)(=O)c1ccc(F)c(NC(=O)/C=C/c2ccccc2[N+](=O)[O-])c1. The summed E-state index contributed by atoms with van der Waals surface area (Å²) in [5, 5.41) is 13.1. The Balaban J connectivity index is 2.23. The summed E-state index contributed by atoms with van der Waals surface area (Å²) in [5.41, 5.74) is -0.287. The minimum absolute atomic E-state index is 0.146. The van der Waals surface area contributed by atoms with Gasteiger partial charge < -0.3 is 5.32 Å². The van der Waals surface area contributed by atoms with Gasteiger partial charge in [-0.05, 0) is 30.3 Å². The Labute approximate surface area is 142 Å². The van der Waals surface area contributed by atoms with E-state index in [1.54, 1.807) is 6.07 Å². The van der Waals surface area contributed by atoms with Crippen molar-refractivity contribution in [1.82, 2.24) is 0 Å². The Bertz CT molecular complexity index is 970. The zero-order chi connectivity index (χ0) is 18.6. The smallest absolute Gasteiger partial charge is 0.276 e. The van der Waals surface area contributed by atoms with E-state index in [9.17, 15) is 27.7 Å². The van der Waals surface area contributed by atoms with Gasteiger partial charge in [-0.25, -0.2) is 12.8 Å². The molecule has 0 aliphatic carbocycles. The number of sulfone groups is 1. The summed E-state index contributed by atoms with van der Waals surface area (Å²) < 4.78 is 36.7. The highest BCUT2D eigenvalue weighted by Crippen LogP contribution is 2.21. The molecule has 0 fully saturated rings. The molecule has 1 amide bonds. The zero-order valence-electron chi connectivity index (χ0n) is 13.0. The Morgan fingerprint density at radius 2 is 1.92 bits per heavy atom. The molecule has 130 valence electrons. The average molecular weight is 364 g/mol. The minimum Gasteiger partial charge on any atom is -0.320 e. The summed E-state index contributed by atoms with van der Waals surface area (Å²) in [6, 6.07) is 8.81. The second kappa shape index (κ2) is 7.22. The van der Waals surface area contributed by atoms with Gasteiger partial charge in [-0.1, -0.05) is 12.1 Å². The van der Waals surface area contributed by atoms with E-state index in [0.29, 0.717) is 0 Å². The van der Waals surface area contributed by atoms with Gasteiger partial charge in [-0.2, -0.15) is 0 Å². The van der Waals surface area contributed by atoms with Crippen LogP contribution in [0, 0.1) is 15.9 Å². The number of anilines is 1. The van der Waals surface area contributed by atoms with Crippen LogP contribution in [0.5, 0.6) is 0 Å². The van der Waals surface area contributed by atoms with E-state index in [4.69, 9.17) is 0 Å². The predicted molar refractivity (Wildman–Crippen MR) is 90.3 cm³/mol. The highest BCUT2D eigenvalue weighted by molar-refractivity contribution is 7.90. The molecule has 0 radical (unpaired) electrons. The second-order valence-electron chi connectivity index (χ2n) is 5.05. The molecule has 0 unspecified atom stereocenters. The van der Waals surface area contributed by atoms with Crippen LogP contribution in [-0.2, 0) is 14.6 Å². The first-order valence-corrected chi connectivity index (χ1v) is 8.80. The maximum Gasteiger partial charge on any atom is 0.276 e. The molecule has 0 saturated heterocycles. The van der Waals surface area contributed by atoms with Gasteiger partial charge in [0.2, 0.25) is 5.91 Å². The Morgan fingerprint density at radius 3 is 2.56 bits per heavy atom. The van der Waals surface area contributed by atoms with E-state index < -0.39 is 26.5 Å². The van der Waals surface area contributed by atoms with Crippen LogP contribution in [0.15, 0.2) is 53.4 Å².